The number of amides is 1. The van der Waals surface area contributed by atoms with E-state index in [4.69, 9.17) is 4.74 Å². The number of hydrogen-bond donors (Lipinski definition) is 2. The molecule has 1 heterocycles. The first-order valence-electron chi connectivity index (χ1n) is 8.77. The highest BCUT2D eigenvalue weighted by Gasteiger charge is 2.21. The predicted molar refractivity (Wildman–Crippen MR) is 94.2 cm³/mol. The van der Waals surface area contributed by atoms with Gasteiger partial charge in [0.2, 0.25) is 5.56 Å². The molecule has 1 aromatic carbocycles. The smallest absolute Gasteiger partial charge is 0.252 e. The van der Waals surface area contributed by atoms with Gasteiger partial charge in [0.25, 0.3) is 5.91 Å². The topological polar surface area (TPSA) is 71.2 Å². The van der Waals surface area contributed by atoms with E-state index in [1.165, 1.54) is 43.5 Å². The fraction of sp³-hybridized carbons (Fsp3) is 0.474. The van der Waals surface area contributed by atoms with E-state index >= 15 is 0 Å². The standard InChI is InChI=1S/C19H23FN2O3/c1-12-4-2-3-5-17(12)25-9-8-21-19(24)15-11-18(23)22-16-10-13(20)6-7-14(15)16/h6-7,10-12,17H,2-5,8-9H2,1H3,(H,21,24)(H,22,23). The Morgan fingerprint density at radius 3 is 2.92 bits per heavy atom. The highest BCUT2D eigenvalue weighted by Crippen LogP contribution is 2.26. The number of rotatable bonds is 5. The van der Waals surface area contributed by atoms with Gasteiger partial charge in [0.05, 0.1) is 23.8 Å². The van der Waals surface area contributed by atoms with E-state index in [1.807, 2.05) is 0 Å². The van der Waals surface area contributed by atoms with E-state index < -0.39 is 11.4 Å². The van der Waals surface area contributed by atoms with E-state index in [0.717, 1.165) is 6.42 Å². The number of hydrogen-bond acceptors (Lipinski definition) is 3. The van der Waals surface area contributed by atoms with Crippen molar-refractivity contribution >= 4 is 16.8 Å². The lowest BCUT2D eigenvalue weighted by atomic mass is 9.88. The number of benzene rings is 1. The summed E-state index contributed by atoms with van der Waals surface area (Å²) in [4.78, 5) is 26.6. The third-order valence-electron chi connectivity index (χ3n) is 4.80. The average Bonchev–Trinajstić information content (AvgIpc) is 2.58. The van der Waals surface area contributed by atoms with Crippen LogP contribution in [0.15, 0.2) is 29.1 Å². The minimum atomic E-state index is -0.462. The van der Waals surface area contributed by atoms with Crippen LogP contribution in [0.25, 0.3) is 10.9 Å². The van der Waals surface area contributed by atoms with Crippen LogP contribution in [0.4, 0.5) is 4.39 Å². The van der Waals surface area contributed by atoms with Crippen molar-refractivity contribution in [2.75, 3.05) is 13.2 Å². The van der Waals surface area contributed by atoms with Crippen LogP contribution in [0.2, 0.25) is 0 Å². The molecular formula is C19H23FN2O3. The van der Waals surface area contributed by atoms with Crippen LogP contribution in [-0.2, 0) is 4.74 Å². The van der Waals surface area contributed by atoms with Crippen molar-refractivity contribution in [1.82, 2.24) is 10.3 Å². The van der Waals surface area contributed by atoms with Gasteiger partial charge in [-0.3, -0.25) is 9.59 Å². The summed E-state index contributed by atoms with van der Waals surface area (Å²) in [5.74, 6) is -0.269. The Hall–Kier alpha value is -2.21. The zero-order chi connectivity index (χ0) is 17.8. The van der Waals surface area contributed by atoms with Crippen LogP contribution in [0, 0.1) is 11.7 Å². The molecule has 2 unspecified atom stereocenters. The highest BCUT2D eigenvalue weighted by molar-refractivity contribution is 6.05. The van der Waals surface area contributed by atoms with Gasteiger partial charge in [-0.2, -0.15) is 0 Å². The van der Waals surface area contributed by atoms with E-state index in [1.54, 1.807) is 0 Å². The third-order valence-corrected chi connectivity index (χ3v) is 4.80. The van der Waals surface area contributed by atoms with Gasteiger partial charge in [0.15, 0.2) is 0 Å². The van der Waals surface area contributed by atoms with Gasteiger partial charge in [0, 0.05) is 18.0 Å². The maximum atomic E-state index is 13.3. The van der Waals surface area contributed by atoms with Crippen LogP contribution >= 0.6 is 0 Å². The maximum Gasteiger partial charge on any atom is 0.252 e. The molecule has 1 amide bonds. The Kier molecular flexibility index (Phi) is 5.48. The summed E-state index contributed by atoms with van der Waals surface area (Å²) in [6, 6.07) is 5.21. The van der Waals surface area contributed by atoms with Crippen molar-refractivity contribution in [3.8, 4) is 0 Å². The molecule has 5 nitrogen and oxygen atoms in total. The summed E-state index contributed by atoms with van der Waals surface area (Å²) >= 11 is 0. The van der Waals surface area contributed by atoms with Crippen LogP contribution in [-0.4, -0.2) is 30.1 Å². The van der Waals surface area contributed by atoms with E-state index in [9.17, 15) is 14.0 Å². The zero-order valence-electron chi connectivity index (χ0n) is 14.3. The second-order valence-corrected chi connectivity index (χ2v) is 6.66. The number of carbonyl (C=O) groups excluding carboxylic acids is 1. The van der Waals surface area contributed by atoms with Gasteiger partial charge in [0.1, 0.15) is 5.82 Å². The lowest BCUT2D eigenvalue weighted by Crippen LogP contribution is -2.32. The molecule has 1 saturated carbocycles. The fourth-order valence-corrected chi connectivity index (χ4v) is 3.42. The summed E-state index contributed by atoms with van der Waals surface area (Å²) in [5, 5.41) is 3.29. The Bertz CT molecular complexity index is 818. The maximum absolute atomic E-state index is 13.3. The molecule has 1 aromatic heterocycles. The van der Waals surface area contributed by atoms with Crippen LogP contribution < -0.4 is 10.9 Å². The Balaban J connectivity index is 1.61. The van der Waals surface area contributed by atoms with Crippen molar-refractivity contribution in [3.63, 3.8) is 0 Å². The number of H-pyrrole nitrogens is 1. The fourth-order valence-electron chi connectivity index (χ4n) is 3.42. The van der Waals surface area contributed by atoms with Crippen LogP contribution in [0.1, 0.15) is 43.0 Å². The molecule has 2 atom stereocenters. The molecular weight excluding hydrogens is 323 g/mol. The first kappa shape index (κ1) is 17.6. The first-order chi connectivity index (χ1) is 12.0. The highest BCUT2D eigenvalue weighted by atomic mass is 19.1. The van der Waals surface area contributed by atoms with Crippen molar-refractivity contribution in [2.24, 2.45) is 5.92 Å². The number of aromatic amines is 1. The second-order valence-electron chi connectivity index (χ2n) is 6.66. The predicted octanol–water partition coefficient (Wildman–Crippen LogP) is 2.99. The number of fused-ring (bicyclic) bond motifs is 1. The first-order valence-corrected chi connectivity index (χ1v) is 8.77. The minimum absolute atomic E-state index is 0.241. The summed E-state index contributed by atoms with van der Waals surface area (Å²) in [6.45, 7) is 3.01. The normalized spacial score (nSPS) is 20.6. The van der Waals surface area contributed by atoms with Gasteiger partial charge in [-0.15, -0.1) is 0 Å². The van der Waals surface area contributed by atoms with Crippen LogP contribution in [0.5, 0.6) is 0 Å². The van der Waals surface area contributed by atoms with E-state index in [2.05, 4.69) is 17.2 Å². The molecule has 0 spiro atoms. The molecule has 0 aliphatic heterocycles. The van der Waals surface area contributed by atoms with Crippen molar-refractivity contribution in [1.29, 1.82) is 0 Å². The molecule has 2 N–H and O–H groups in total. The van der Waals surface area contributed by atoms with Crippen molar-refractivity contribution in [2.45, 2.75) is 38.7 Å². The number of carbonyl (C=O) groups is 1. The van der Waals surface area contributed by atoms with E-state index in [-0.39, 0.29) is 17.6 Å². The molecule has 1 aliphatic carbocycles. The van der Waals surface area contributed by atoms with Gasteiger partial charge in [-0.1, -0.05) is 19.8 Å². The minimum Gasteiger partial charge on any atom is -0.376 e. The summed E-state index contributed by atoms with van der Waals surface area (Å²) in [7, 11) is 0. The van der Waals surface area contributed by atoms with Gasteiger partial charge in [-0.05, 0) is 37.0 Å². The molecule has 0 saturated heterocycles. The molecule has 6 heteroatoms. The van der Waals surface area contributed by atoms with E-state index in [0.29, 0.717) is 30.0 Å². The monoisotopic (exact) mass is 346 g/mol. The van der Waals surface area contributed by atoms with Crippen molar-refractivity contribution in [3.05, 3.63) is 46.0 Å². The number of halogens is 1. The quantitative estimate of drug-likeness (QED) is 0.818. The van der Waals surface area contributed by atoms with Crippen LogP contribution in [0.3, 0.4) is 0 Å². The number of nitrogens with one attached hydrogen (secondary N) is 2. The number of ether oxygens (including phenoxy) is 1. The Morgan fingerprint density at radius 2 is 2.12 bits per heavy atom. The van der Waals surface area contributed by atoms with Gasteiger partial charge in [-0.25, -0.2) is 4.39 Å². The zero-order valence-corrected chi connectivity index (χ0v) is 14.3. The number of aromatic nitrogens is 1. The molecule has 2 aromatic rings. The lowest BCUT2D eigenvalue weighted by molar-refractivity contribution is -0.00293. The second kappa shape index (κ2) is 7.78. The SMILES string of the molecule is CC1CCCCC1OCCNC(=O)c1cc(=O)[nH]c2cc(F)ccc12. The van der Waals surface area contributed by atoms with Gasteiger partial charge >= 0.3 is 0 Å². The molecule has 134 valence electrons. The third kappa shape index (κ3) is 4.25. The summed E-state index contributed by atoms with van der Waals surface area (Å²) in [6.07, 6.45) is 4.96. The lowest BCUT2D eigenvalue weighted by Gasteiger charge is -2.28. The van der Waals surface area contributed by atoms with Gasteiger partial charge < -0.3 is 15.0 Å². The average molecular weight is 346 g/mol. The summed E-state index contributed by atoms with van der Waals surface area (Å²) in [5.41, 5.74) is 0.116. The Labute approximate surface area is 145 Å². The molecule has 1 aliphatic rings. The molecule has 1 fully saturated rings. The molecule has 0 bridgehead atoms. The largest absolute Gasteiger partial charge is 0.376 e. The molecule has 0 radical (unpaired) electrons. The number of pyridine rings is 1. The molecule has 3 rings (SSSR count). The Morgan fingerprint density at radius 1 is 1.32 bits per heavy atom. The van der Waals surface area contributed by atoms with Crippen molar-refractivity contribution < 1.29 is 13.9 Å². The summed E-state index contributed by atoms with van der Waals surface area (Å²) < 4.78 is 19.2. The molecule has 25 heavy (non-hydrogen) atoms.